The first kappa shape index (κ1) is 19.1. The maximum atomic E-state index is 12.8. The molecule has 28 heavy (non-hydrogen) atoms. The van der Waals surface area contributed by atoms with Gasteiger partial charge in [-0.3, -0.25) is 9.59 Å². The van der Waals surface area contributed by atoms with Gasteiger partial charge in [0, 0.05) is 11.1 Å². The van der Waals surface area contributed by atoms with Crippen LogP contribution < -0.4 is 9.47 Å². The summed E-state index contributed by atoms with van der Waals surface area (Å²) in [5.74, 6) is 0.0784. The number of carbonyl (C=O) groups is 2. The van der Waals surface area contributed by atoms with Crippen LogP contribution in [0, 0.1) is 0 Å². The second-order valence-electron chi connectivity index (χ2n) is 5.80. The van der Waals surface area contributed by atoms with Gasteiger partial charge >= 0.3 is 5.97 Å². The summed E-state index contributed by atoms with van der Waals surface area (Å²) in [6.07, 6.45) is 1.23. The molecule has 0 aliphatic rings. The number of rotatable bonds is 8. The zero-order valence-electron chi connectivity index (χ0n) is 15.4. The molecule has 8 nitrogen and oxygen atoms in total. The van der Waals surface area contributed by atoms with Crippen molar-refractivity contribution in [3.63, 3.8) is 0 Å². The van der Waals surface area contributed by atoms with Crippen LogP contribution in [0.25, 0.3) is 0 Å². The number of ketones is 1. The Labute approximate surface area is 161 Å². The van der Waals surface area contributed by atoms with Crippen molar-refractivity contribution < 1.29 is 23.8 Å². The van der Waals surface area contributed by atoms with Crippen molar-refractivity contribution in [3.05, 3.63) is 72.3 Å². The summed E-state index contributed by atoms with van der Waals surface area (Å²) in [7, 11) is 3.04. The van der Waals surface area contributed by atoms with Gasteiger partial charge in [-0.15, -0.1) is 0 Å². The normalized spacial score (nSPS) is 11.5. The molecule has 0 aliphatic carbocycles. The van der Waals surface area contributed by atoms with Gasteiger partial charge in [0.15, 0.2) is 0 Å². The number of Topliss-reactive ketones (excluding diaryl/α,β-unsaturated/α-hetero) is 1. The van der Waals surface area contributed by atoms with Crippen molar-refractivity contribution >= 4 is 11.8 Å². The lowest BCUT2D eigenvalue weighted by Gasteiger charge is -2.17. The minimum Gasteiger partial charge on any atom is -0.497 e. The van der Waals surface area contributed by atoms with Crippen LogP contribution >= 0.6 is 0 Å². The number of methoxy groups -OCH3 is 2. The predicted molar refractivity (Wildman–Crippen MR) is 99.2 cm³/mol. The number of aromatic nitrogens is 3. The van der Waals surface area contributed by atoms with Crippen LogP contribution in [-0.4, -0.2) is 40.7 Å². The monoisotopic (exact) mass is 381 g/mol. The number of ether oxygens (including phenoxy) is 3. The Kier molecular flexibility index (Phi) is 6.01. The van der Waals surface area contributed by atoms with E-state index in [4.69, 9.17) is 14.2 Å². The maximum Gasteiger partial charge on any atom is 0.312 e. The fourth-order valence-electron chi connectivity index (χ4n) is 2.65. The van der Waals surface area contributed by atoms with Crippen molar-refractivity contribution in [2.75, 3.05) is 14.2 Å². The number of esters is 1. The number of nitrogens with zero attached hydrogens (tertiary/aromatic N) is 3. The Bertz CT molecular complexity index is 942. The molecule has 2 aromatic carbocycles. The van der Waals surface area contributed by atoms with E-state index in [2.05, 4.69) is 10.1 Å². The molecule has 0 N–H and O–H groups in total. The Hall–Kier alpha value is -3.68. The van der Waals surface area contributed by atoms with Gasteiger partial charge in [0.25, 0.3) is 6.23 Å². The standard InChI is InChI=1S/C20H19N3O5/c1-26-16-8-9-17(27-2)15(10-16)11-18(24)28-20(23-13-21-12-22-23)19(25)14-6-4-3-5-7-14/h3-10,12-13,20H,11H2,1-2H3. The molecule has 0 spiro atoms. The lowest BCUT2D eigenvalue weighted by Crippen LogP contribution is -2.26. The highest BCUT2D eigenvalue weighted by atomic mass is 16.6. The molecule has 0 saturated carbocycles. The molecule has 144 valence electrons. The molecule has 3 rings (SSSR count). The Morgan fingerprint density at radius 3 is 2.50 bits per heavy atom. The molecule has 0 amide bonds. The average Bonchev–Trinajstić information content (AvgIpc) is 3.26. The highest BCUT2D eigenvalue weighted by molar-refractivity contribution is 5.99. The van der Waals surface area contributed by atoms with Crippen LogP contribution in [0.2, 0.25) is 0 Å². The van der Waals surface area contributed by atoms with E-state index in [0.29, 0.717) is 22.6 Å². The topological polar surface area (TPSA) is 92.5 Å². The van der Waals surface area contributed by atoms with E-state index in [1.807, 2.05) is 0 Å². The van der Waals surface area contributed by atoms with Crippen molar-refractivity contribution in [1.29, 1.82) is 0 Å². The molecule has 8 heteroatoms. The molecule has 0 aliphatic heterocycles. The zero-order chi connectivity index (χ0) is 19.9. The van der Waals surface area contributed by atoms with Gasteiger partial charge in [0.05, 0.1) is 20.6 Å². The number of hydrogen-bond donors (Lipinski definition) is 0. The summed E-state index contributed by atoms with van der Waals surface area (Å²) >= 11 is 0. The summed E-state index contributed by atoms with van der Waals surface area (Å²) in [5.41, 5.74) is 0.978. The Morgan fingerprint density at radius 2 is 1.86 bits per heavy atom. The third-order valence-corrected chi connectivity index (χ3v) is 4.02. The van der Waals surface area contributed by atoms with Gasteiger partial charge in [-0.05, 0) is 18.2 Å². The highest BCUT2D eigenvalue weighted by Crippen LogP contribution is 2.25. The first-order valence-corrected chi connectivity index (χ1v) is 8.46. The van der Waals surface area contributed by atoms with Crippen LogP contribution in [0.4, 0.5) is 0 Å². The Balaban J connectivity index is 1.82. The number of benzene rings is 2. The lowest BCUT2D eigenvalue weighted by molar-refractivity contribution is -0.150. The molecule has 0 fully saturated rings. The molecular weight excluding hydrogens is 362 g/mol. The van der Waals surface area contributed by atoms with Gasteiger partial charge in [-0.1, -0.05) is 30.3 Å². The lowest BCUT2D eigenvalue weighted by atomic mass is 10.1. The van der Waals surface area contributed by atoms with E-state index < -0.39 is 18.0 Å². The van der Waals surface area contributed by atoms with Gasteiger partial charge < -0.3 is 14.2 Å². The third kappa shape index (κ3) is 4.35. The fraction of sp³-hybridized carbons (Fsp3) is 0.200. The zero-order valence-corrected chi connectivity index (χ0v) is 15.4. The van der Waals surface area contributed by atoms with Crippen molar-refractivity contribution in [2.45, 2.75) is 12.6 Å². The van der Waals surface area contributed by atoms with Gasteiger partial charge in [-0.2, -0.15) is 5.10 Å². The van der Waals surface area contributed by atoms with Crippen molar-refractivity contribution in [3.8, 4) is 11.5 Å². The molecular formula is C20H19N3O5. The molecule has 1 atom stereocenters. The second kappa shape index (κ2) is 8.81. The summed E-state index contributed by atoms with van der Waals surface area (Å²) in [5, 5.41) is 3.95. The fourth-order valence-corrected chi connectivity index (χ4v) is 2.65. The van der Waals surface area contributed by atoms with Crippen molar-refractivity contribution in [2.24, 2.45) is 0 Å². The first-order chi connectivity index (χ1) is 13.6. The van der Waals surface area contributed by atoms with Crippen LogP contribution in [0.15, 0.2) is 61.2 Å². The average molecular weight is 381 g/mol. The molecule has 1 heterocycles. The van der Waals surface area contributed by atoms with Gasteiger partial charge in [-0.25, -0.2) is 9.67 Å². The molecule has 3 aromatic rings. The second-order valence-corrected chi connectivity index (χ2v) is 5.80. The molecule has 0 saturated heterocycles. The Morgan fingerprint density at radius 1 is 1.07 bits per heavy atom. The summed E-state index contributed by atoms with van der Waals surface area (Å²) < 4.78 is 17.1. The van der Waals surface area contributed by atoms with Gasteiger partial charge in [0.1, 0.15) is 24.2 Å². The van der Waals surface area contributed by atoms with E-state index in [0.717, 1.165) is 0 Å². The van der Waals surface area contributed by atoms with Crippen LogP contribution in [0.3, 0.4) is 0 Å². The minimum atomic E-state index is -1.26. The number of carbonyl (C=O) groups excluding carboxylic acids is 2. The van der Waals surface area contributed by atoms with Crippen LogP contribution in [0.1, 0.15) is 22.1 Å². The maximum absolute atomic E-state index is 12.8. The highest BCUT2D eigenvalue weighted by Gasteiger charge is 2.27. The van der Waals surface area contributed by atoms with Crippen LogP contribution in [-0.2, 0) is 16.0 Å². The largest absolute Gasteiger partial charge is 0.497 e. The predicted octanol–water partition coefficient (Wildman–Crippen LogP) is 2.46. The molecule has 0 radical (unpaired) electrons. The summed E-state index contributed by atoms with van der Waals surface area (Å²) in [4.78, 5) is 29.3. The van der Waals surface area contributed by atoms with Crippen molar-refractivity contribution in [1.82, 2.24) is 14.8 Å². The minimum absolute atomic E-state index is 0.104. The van der Waals surface area contributed by atoms with Crippen LogP contribution in [0.5, 0.6) is 11.5 Å². The van der Waals surface area contributed by atoms with E-state index >= 15 is 0 Å². The smallest absolute Gasteiger partial charge is 0.312 e. The summed E-state index contributed by atoms with van der Waals surface area (Å²) in [6.45, 7) is 0. The quantitative estimate of drug-likeness (QED) is 0.437. The molecule has 1 unspecified atom stereocenters. The third-order valence-electron chi connectivity index (χ3n) is 4.02. The first-order valence-electron chi connectivity index (χ1n) is 8.46. The molecule has 1 aromatic heterocycles. The van der Waals surface area contributed by atoms with E-state index in [9.17, 15) is 9.59 Å². The van der Waals surface area contributed by atoms with Gasteiger partial charge in [0.2, 0.25) is 5.78 Å². The van der Waals surface area contributed by atoms with E-state index in [-0.39, 0.29) is 6.42 Å². The summed E-state index contributed by atoms with van der Waals surface area (Å²) in [6, 6.07) is 13.7. The van der Waals surface area contributed by atoms with E-state index in [1.54, 1.807) is 48.5 Å². The number of hydrogen-bond acceptors (Lipinski definition) is 7. The molecule has 0 bridgehead atoms. The SMILES string of the molecule is COc1ccc(OC)c(CC(=O)OC(C(=O)c2ccccc2)n2cncn2)c1. The van der Waals surface area contributed by atoms with E-state index in [1.165, 1.54) is 31.6 Å².